The fraction of sp³-hybridized carbons (Fsp3) is 0.179. The van der Waals surface area contributed by atoms with Crippen LogP contribution < -0.4 is 14.4 Å². The summed E-state index contributed by atoms with van der Waals surface area (Å²) in [6.45, 7) is 3.91. The summed E-state index contributed by atoms with van der Waals surface area (Å²) in [5, 5.41) is 11.6. The Hall–Kier alpha value is -4.24. The highest BCUT2D eigenvalue weighted by Gasteiger charge is 2.49. The molecule has 0 spiro atoms. The molecule has 1 fully saturated rings. The summed E-state index contributed by atoms with van der Waals surface area (Å²) in [7, 11) is 2.97. The van der Waals surface area contributed by atoms with Gasteiger partial charge in [-0.15, -0.1) is 0 Å². The average molecular weight is 519 g/mol. The van der Waals surface area contributed by atoms with Crippen molar-refractivity contribution in [1.29, 1.82) is 0 Å². The maximum Gasteiger partial charge on any atom is 0.301 e. The molecule has 188 valence electrons. The van der Waals surface area contributed by atoms with Crippen LogP contribution in [0.3, 0.4) is 0 Å². The zero-order chi connectivity index (χ0) is 26.4. The van der Waals surface area contributed by atoms with E-state index in [1.54, 1.807) is 18.2 Å². The van der Waals surface area contributed by atoms with Crippen LogP contribution in [0.15, 0.2) is 60.2 Å². The predicted octanol–water partition coefficient (Wildman–Crippen LogP) is 5.70. The van der Waals surface area contributed by atoms with Crippen molar-refractivity contribution >= 4 is 44.1 Å². The van der Waals surface area contributed by atoms with Crippen LogP contribution in [0.5, 0.6) is 11.5 Å². The minimum Gasteiger partial charge on any atom is -0.507 e. The SMILES string of the molecule is COc1ccc(OC)c(C2/C(=C(\O)c3ccc(F)cc3)C(=O)C(=O)N2c2nc3c(C)cc(C)cc3s2)c1. The van der Waals surface area contributed by atoms with Crippen molar-refractivity contribution in [3.63, 3.8) is 0 Å². The number of carbonyl (C=O) groups is 2. The third-order valence-corrected chi connectivity index (χ3v) is 7.32. The van der Waals surface area contributed by atoms with Crippen LogP contribution >= 0.6 is 11.3 Å². The van der Waals surface area contributed by atoms with Gasteiger partial charge in [-0.3, -0.25) is 14.5 Å². The van der Waals surface area contributed by atoms with Crippen LogP contribution in [0.4, 0.5) is 9.52 Å². The van der Waals surface area contributed by atoms with Crippen LogP contribution in [0.2, 0.25) is 0 Å². The lowest BCUT2D eigenvalue weighted by molar-refractivity contribution is -0.132. The summed E-state index contributed by atoms with van der Waals surface area (Å²) >= 11 is 1.28. The second-order valence-corrected chi connectivity index (χ2v) is 9.72. The number of aliphatic hydroxyl groups excluding tert-OH is 1. The van der Waals surface area contributed by atoms with Crippen LogP contribution in [-0.4, -0.2) is 36.0 Å². The van der Waals surface area contributed by atoms with Gasteiger partial charge in [0, 0.05) is 11.1 Å². The minimum atomic E-state index is -1.07. The van der Waals surface area contributed by atoms with Crippen LogP contribution in [0.25, 0.3) is 16.0 Å². The van der Waals surface area contributed by atoms with E-state index in [1.165, 1.54) is 54.7 Å². The molecule has 1 N–H and O–H groups in total. The van der Waals surface area contributed by atoms with E-state index < -0.39 is 29.3 Å². The zero-order valence-electron chi connectivity index (χ0n) is 20.5. The molecular formula is C28H23FN2O5S. The Morgan fingerprint density at radius 1 is 1.03 bits per heavy atom. The number of hydrogen-bond acceptors (Lipinski definition) is 7. The normalized spacial score (nSPS) is 17.0. The molecule has 0 radical (unpaired) electrons. The first-order valence-corrected chi connectivity index (χ1v) is 12.2. The Bertz CT molecular complexity index is 1590. The van der Waals surface area contributed by atoms with E-state index in [-0.39, 0.29) is 11.1 Å². The number of amides is 1. The number of nitrogens with zero attached hydrogens (tertiary/aromatic N) is 2. The molecule has 5 rings (SSSR count). The lowest BCUT2D eigenvalue weighted by Crippen LogP contribution is -2.29. The van der Waals surface area contributed by atoms with Gasteiger partial charge in [0.25, 0.3) is 5.78 Å². The van der Waals surface area contributed by atoms with E-state index >= 15 is 0 Å². The van der Waals surface area contributed by atoms with E-state index in [2.05, 4.69) is 0 Å². The molecule has 1 amide bonds. The summed E-state index contributed by atoms with van der Waals surface area (Å²) in [6.07, 6.45) is 0. The number of Topliss-reactive ketones (excluding diaryl/α,β-unsaturated/α-hetero) is 1. The molecule has 1 aliphatic rings. The molecule has 2 heterocycles. The Kier molecular flexibility index (Phi) is 6.16. The van der Waals surface area contributed by atoms with Gasteiger partial charge in [-0.05, 0) is 73.5 Å². The maximum atomic E-state index is 13.6. The molecular weight excluding hydrogens is 495 g/mol. The van der Waals surface area contributed by atoms with Crippen LogP contribution in [-0.2, 0) is 9.59 Å². The molecule has 7 nitrogen and oxygen atoms in total. The topological polar surface area (TPSA) is 89.0 Å². The number of ketones is 1. The fourth-order valence-electron chi connectivity index (χ4n) is 4.60. The number of rotatable bonds is 5. The number of aromatic nitrogens is 1. The van der Waals surface area contributed by atoms with Crippen LogP contribution in [0.1, 0.15) is 28.3 Å². The van der Waals surface area contributed by atoms with Gasteiger partial charge < -0.3 is 14.6 Å². The van der Waals surface area contributed by atoms with Gasteiger partial charge in [0.15, 0.2) is 5.13 Å². The summed E-state index contributed by atoms with van der Waals surface area (Å²) in [4.78, 5) is 33.0. The van der Waals surface area contributed by atoms with Crippen molar-refractivity contribution in [1.82, 2.24) is 4.98 Å². The molecule has 0 aliphatic carbocycles. The molecule has 3 aromatic carbocycles. The van der Waals surface area contributed by atoms with Crippen molar-refractivity contribution in [3.8, 4) is 11.5 Å². The van der Waals surface area contributed by atoms with Gasteiger partial charge in [-0.2, -0.15) is 0 Å². The third-order valence-electron chi connectivity index (χ3n) is 6.32. The molecule has 1 aromatic heterocycles. The first-order chi connectivity index (χ1) is 17.7. The monoisotopic (exact) mass is 518 g/mol. The number of halogens is 1. The quantitative estimate of drug-likeness (QED) is 0.207. The number of aliphatic hydroxyl groups is 1. The Morgan fingerprint density at radius 3 is 2.43 bits per heavy atom. The number of thiazole rings is 1. The fourth-order valence-corrected chi connectivity index (χ4v) is 5.77. The van der Waals surface area contributed by atoms with Gasteiger partial charge >= 0.3 is 5.91 Å². The van der Waals surface area contributed by atoms with Crippen molar-refractivity contribution < 1.29 is 28.6 Å². The number of benzene rings is 3. The second kappa shape index (κ2) is 9.33. The Balaban J connectivity index is 1.80. The lowest BCUT2D eigenvalue weighted by atomic mass is 9.94. The minimum absolute atomic E-state index is 0.157. The summed E-state index contributed by atoms with van der Waals surface area (Å²) in [5.74, 6) is -1.79. The van der Waals surface area contributed by atoms with Crippen molar-refractivity contribution in [2.45, 2.75) is 19.9 Å². The maximum absolute atomic E-state index is 13.6. The molecule has 1 atom stereocenters. The van der Waals surface area contributed by atoms with Crippen molar-refractivity contribution in [2.75, 3.05) is 19.1 Å². The highest BCUT2D eigenvalue weighted by atomic mass is 32.1. The lowest BCUT2D eigenvalue weighted by Gasteiger charge is -2.25. The average Bonchev–Trinajstić information content (AvgIpc) is 3.42. The summed E-state index contributed by atoms with van der Waals surface area (Å²) in [6, 6.07) is 13.0. The first kappa shape index (κ1) is 24.5. The zero-order valence-corrected chi connectivity index (χ0v) is 21.4. The van der Waals surface area contributed by atoms with Crippen molar-refractivity contribution in [3.05, 3.63) is 88.2 Å². The summed E-state index contributed by atoms with van der Waals surface area (Å²) < 4.78 is 25.4. The molecule has 37 heavy (non-hydrogen) atoms. The van der Waals surface area contributed by atoms with Crippen molar-refractivity contribution in [2.24, 2.45) is 0 Å². The number of anilines is 1. The number of aryl methyl sites for hydroxylation is 2. The number of carbonyl (C=O) groups excluding carboxylic acids is 2. The number of methoxy groups -OCH3 is 2. The van der Waals surface area contributed by atoms with E-state index in [1.807, 2.05) is 26.0 Å². The Morgan fingerprint density at radius 2 is 1.76 bits per heavy atom. The van der Waals surface area contributed by atoms with Crippen LogP contribution in [0, 0.1) is 19.7 Å². The van der Waals surface area contributed by atoms with E-state index in [0.717, 1.165) is 21.3 Å². The highest BCUT2D eigenvalue weighted by Crippen LogP contribution is 2.47. The second-order valence-electron chi connectivity index (χ2n) is 8.71. The largest absolute Gasteiger partial charge is 0.507 e. The van der Waals surface area contributed by atoms with Gasteiger partial charge in [-0.25, -0.2) is 9.37 Å². The van der Waals surface area contributed by atoms with Gasteiger partial charge in [0.05, 0.1) is 30.0 Å². The molecule has 1 aliphatic heterocycles. The Labute approximate surface area is 216 Å². The standard InChI is InChI=1S/C28H23FN2O5S/c1-14-11-15(2)23-21(12-14)37-28(30-23)31-24(19-13-18(35-3)9-10-20(19)36-4)22(26(33)27(31)34)25(32)16-5-7-17(29)8-6-16/h5-13,24,32H,1-4H3/b25-22+. The third kappa shape index (κ3) is 4.11. The van der Waals surface area contributed by atoms with E-state index in [4.69, 9.17) is 14.5 Å². The van der Waals surface area contributed by atoms with Gasteiger partial charge in [0.2, 0.25) is 0 Å². The number of hydrogen-bond donors (Lipinski definition) is 1. The van der Waals surface area contributed by atoms with E-state index in [9.17, 15) is 19.1 Å². The molecule has 0 saturated carbocycles. The highest BCUT2D eigenvalue weighted by molar-refractivity contribution is 7.22. The molecule has 9 heteroatoms. The molecule has 4 aromatic rings. The van der Waals surface area contributed by atoms with Gasteiger partial charge in [0.1, 0.15) is 29.1 Å². The smallest absolute Gasteiger partial charge is 0.301 e. The summed E-state index contributed by atoms with van der Waals surface area (Å²) in [5.41, 5.74) is 3.18. The van der Waals surface area contributed by atoms with Gasteiger partial charge in [-0.1, -0.05) is 17.4 Å². The van der Waals surface area contributed by atoms with E-state index in [0.29, 0.717) is 22.2 Å². The number of ether oxygens (including phenoxy) is 2. The molecule has 1 unspecified atom stereocenters. The predicted molar refractivity (Wildman–Crippen MR) is 140 cm³/mol. The molecule has 1 saturated heterocycles. The first-order valence-electron chi connectivity index (χ1n) is 11.4. The molecule has 0 bridgehead atoms. The number of fused-ring (bicyclic) bond motifs is 1.